The molecule has 0 aromatic rings. The lowest BCUT2D eigenvalue weighted by Gasteiger charge is -2.39. The zero-order chi connectivity index (χ0) is 43.0. The summed E-state index contributed by atoms with van der Waals surface area (Å²) in [6.45, 7) is 3.09. The second kappa shape index (κ2) is 38.6. The largest absolute Gasteiger partial charge is 0.462 e. The third kappa shape index (κ3) is 30.1. The van der Waals surface area contributed by atoms with Crippen molar-refractivity contribution in [2.75, 3.05) is 19.8 Å². The highest BCUT2D eigenvalue weighted by Crippen LogP contribution is 2.22. The normalized spacial score (nSPS) is 21.1. The minimum Gasteiger partial charge on any atom is -0.462 e. The molecule has 1 heterocycles. The Kier molecular flexibility index (Phi) is 34.9. The molecule has 0 spiro atoms. The Morgan fingerprint density at radius 3 is 1.42 bits per heavy atom. The fourth-order valence-electron chi connectivity index (χ4n) is 5.73. The van der Waals surface area contributed by atoms with Crippen molar-refractivity contribution in [3.63, 3.8) is 0 Å². The zero-order valence-electron chi connectivity index (χ0n) is 35.9. The van der Waals surface area contributed by atoms with E-state index in [4.69, 9.17) is 18.9 Å². The molecule has 1 fully saturated rings. The molecule has 0 amide bonds. The van der Waals surface area contributed by atoms with E-state index in [1.165, 1.54) is 0 Å². The molecule has 332 valence electrons. The summed E-state index contributed by atoms with van der Waals surface area (Å²) in [7, 11) is 0. The first-order valence-electron chi connectivity index (χ1n) is 22.0. The summed E-state index contributed by atoms with van der Waals surface area (Å²) in [6, 6.07) is 0. The van der Waals surface area contributed by atoms with Gasteiger partial charge in [0.25, 0.3) is 0 Å². The molecule has 0 bridgehead atoms. The van der Waals surface area contributed by atoms with Crippen molar-refractivity contribution >= 4 is 11.9 Å². The van der Waals surface area contributed by atoms with E-state index < -0.39 is 55.4 Å². The van der Waals surface area contributed by atoms with Gasteiger partial charge in [0.05, 0.1) is 13.2 Å². The SMILES string of the molecule is CC/C=C/C/C=C/C/C=C/C/C=C/C/C=C/CCCCCC(=O)OC[C@@H](CO[C@H]1O[C@@H](CO)[C@@H](O)C(O)C1O)OC(=O)CCCC/C=C/C/C=C/C/C=C/C/C=C/CC. The number of aliphatic hydroxyl groups is 4. The average molecular weight is 825 g/mol. The van der Waals surface area contributed by atoms with Crippen LogP contribution in [-0.2, 0) is 28.5 Å². The van der Waals surface area contributed by atoms with Gasteiger partial charge in [-0.15, -0.1) is 0 Å². The highest BCUT2D eigenvalue weighted by molar-refractivity contribution is 5.70. The molecule has 1 aliphatic rings. The minimum absolute atomic E-state index is 0.163. The molecule has 2 unspecified atom stereocenters. The minimum atomic E-state index is -1.61. The monoisotopic (exact) mass is 825 g/mol. The van der Waals surface area contributed by atoms with Crippen molar-refractivity contribution in [1.82, 2.24) is 0 Å². The summed E-state index contributed by atoms with van der Waals surface area (Å²) in [5.74, 6) is -0.907. The van der Waals surface area contributed by atoms with Crippen LogP contribution in [-0.4, -0.2) is 89.0 Å². The van der Waals surface area contributed by atoms with E-state index in [1.54, 1.807) is 0 Å². The van der Waals surface area contributed by atoms with Gasteiger partial charge in [0.2, 0.25) is 0 Å². The molecule has 1 aliphatic heterocycles. The van der Waals surface area contributed by atoms with Crippen LogP contribution in [0.4, 0.5) is 0 Å². The summed E-state index contributed by atoms with van der Waals surface area (Å²) >= 11 is 0. The third-order valence-corrected chi connectivity index (χ3v) is 9.15. The van der Waals surface area contributed by atoms with Crippen LogP contribution < -0.4 is 0 Å². The first-order chi connectivity index (χ1) is 28.8. The molecular weight excluding hydrogens is 749 g/mol. The molecule has 10 nitrogen and oxygen atoms in total. The number of aliphatic hydroxyl groups excluding tert-OH is 4. The summed E-state index contributed by atoms with van der Waals surface area (Å²) in [5, 5.41) is 40.1. The third-order valence-electron chi connectivity index (χ3n) is 9.15. The standard InChI is InChI=1S/C49H76O10/c1-3-5-7-9-11-13-15-17-19-20-21-22-24-25-27-29-31-33-35-37-44(51)56-40-42(41-57-49-48(55)47(54)46(53)43(39-50)59-49)58-45(52)38-36-34-32-30-28-26-23-18-16-14-12-10-8-6-4-2/h5-8,11-14,17-19,21-23,25,27-28,30,42-43,46-50,53-55H,3-4,9-10,15-16,20,24,26,29,31-41H2,1-2H3/b7-5+,8-6+,13-11+,14-12+,19-17+,22-21+,23-18+,27-25+,30-28+/t42-,43-,46+,47?,48?,49-/m0/s1. The molecule has 4 N–H and O–H groups in total. The highest BCUT2D eigenvalue weighted by atomic mass is 16.7. The first-order valence-corrected chi connectivity index (χ1v) is 22.0. The highest BCUT2D eigenvalue weighted by Gasteiger charge is 2.44. The van der Waals surface area contributed by atoms with Crippen LogP contribution in [0.15, 0.2) is 109 Å². The maximum absolute atomic E-state index is 12.7. The van der Waals surface area contributed by atoms with Crippen LogP contribution in [0.1, 0.15) is 129 Å². The van der Waals surface area contributed by atoms with Crippen molar-refractivity contribution in [3.8, 4) is 0 Å². The summed E-state index contributed by atoms with van der Waals surface area (Å²) < 4.78 is 22.1. The van der Waals surface area contributed by atoms with Crippen LogP contribution in [0.5, 0.6) is 0 Å². The quantitative estimate of drug-likeness (QED) is 0.0281. The smallest absolute Gasteiger partial charge is 0.306 e. The summed E-state index contributed by atoms with van der Waals surface area (Å²) in [5.41, 5.74) is 0. The second-order valence-corrected chi connectivity index (χ2v) is 14.4. The maximum atomic E-state index is 12.7. The van der Waals surface area contributed by atoms with E-state index in [0.29, 0.717) is 12.8 Å². The van der Waals surface area contributed by atoms with Crippen LogP contribution >= 0.6 is 0 Å². The number of esters is 2. The van der Waals surface area contributed by atoms with E-state index >= 15 is 0 Å². The fraction of sp³-hybridized carbons (Fsp3) is 0.592. The fourth-order valence-corrected chi connectivity index (χ4v) is 5.73. The number of rotatable bonds is 34. The molecule has 0 aromatic carbocycles. The maximum Gasteiger partial charge on any atom is 0.306 e. The molecule has 0 radical (unpaired) electrons. The molecule has 0 aromatic heterocycles. The molecule has 1 saturated heterocycles. The molecule has 6 atom stereocenters. The molecular formula is C49H76O10. The van der Waals surface area contributed by atoms with Crippen LogP contribution in [0.2, 0.25) is 0 Å². The number of hydrogen-bond acceptors (Lipinski definition) is 10. The van der Waals surface area contributed by atoms with Gasteiger partial charge in [-0.1, -0.05) is 130 Å². The Bertz CT molecular complexity index is 1320. The Morgan fingerprint density at radius 2 is 0.949 bits per heavy atom. The summed E-state index contributed by atoms with van der Waals surface area (Å²) in [4.78, 5) is 25.3. The lowest BCUT2D eigenvalue weighted by molar-refractivity contribution is -0.305. The van der Waals surface area contributed by atoms with E-state index in [2.05, 4.69) is 123 Å². The number of ether oxygens (including phenoxy) is 4. The Balaban J connectivity index is 2.41. The predicted octanol–water partition coefficient (Wildman–Crippen LogP) is 9.33. The number of unbranched alkanes of at least 4 members (excludes halogenated alkanes) is 5. The van der Waals surface area contributed by atoms with Crippen molar-refractivity contribution < 1.29 is 49.0 Å². The van der Waals surface area contributed by atoms with Gasteiger partial charge in [-0.2, -0.15) is 0 Å². The first kappa shape index (κ1) is 53.4. The van der Waals surface area contributed by atoms with E-state index in [0.717, 1.165) is 89.9 Å². The van der Waals surface area contributed by atoms with Gasteiger partial charge in [-0.3, -0.25) is 9.59 Å². The van der Waals surface area contributed by atoms with Gasteiger partial charge in [-0.05, 0) is 96.3 Å². The number of allylic oxidation sites excluding steroid dienone is 18. The second-order valence-electron chi connectivity index (χ2n) is 14.4. The van der Waals surface area contributed by atoms with Gasteiger partial charge in [0.15, 0.2) is 12.4 Å². The van der Waals surface area contributed by atoms with Crippen molar-refractivity contribution in [3.05, 3.63) is 109 Å². The lowest BCUT2D eigenvalue weighted by Crippen LogP contribution is -2.59. The van der Waals surface area contributed by atoms with E-state index in [-0.39, 0.29) is 26.1 Å². The Labute approximate surface area is 355 Å². The molecule has 0 aliphatic carbocycles. The van der Waals surface area contributed by atoms with E-state index in [1.807, 2.05) is 0 Å². The van der Waals surface area contributed by atoms with Crippen molar-refractivity contribution in [1.29, 1.82) is 0 Å². The van der Waals surface area contributed by atoms with Crippen LogP contribution in [0, 0.1) is 0 Å². The molecule has 0 saturated carbocycles. The van der Waals surface area contributed by atoms with Gasteiger partial charge < -0.3 is 39.4 Å². The Hall–Kier alpha value is -3.64. The lowest BCUT2D eigenvalue weighted by atomic mass is 9.99. The average Bonchev–Trinajstić information content (AvgIpc) is 3.23. The van der Waals surface area contributed by atoms with Crippen molar-refractivity contribution in [2.24, 2.45) is 0 Å². The van der Waals surface area contributed by atoms with Crippen molar-refractivity contribution in [2.45, 2.75) is 166 Å². The number of carbonyl (C=O) groups excluding carboxylic acids is 2. The number of hydrogen-bond donors (Lipinski definition) is 4. The van der Waals surface area contributed by atoms with Gasteiger partial charge >= 0.3 is 11.9 Å². The number of carbonyl (C=O) groups is 2. The van der Waals surface area contributed by atoms with Crippen LogP contribution in [0.25, 0.3) is 0 Å². The predicted molar refractivity (Wildman–Crippen MR) is 237 cm³/mol. The van der Waals surface area contributed by atoms with Gasteiger partial charge in [0.1, 0.15) is 31.0 Å². The molecule has 59 heavy (non-hydrogen) atoms. The van der Waals surface area contributed by atoms with E-state index in [9.17, 15) is 30.0 Å². The van der Waals surface area contributed by atoms with Crippen LogP contribution in [0.3, 0.4) is 0 Å². The Morgan fingerprint density at radius 1 is 0.525 bits per heavy atom. The topological polar surface area (TPSA) is 152 Å². The van der Waals surface area contributed by atoms with Gasteiger partial charge in [0, 0.05) is 12.8 Å². The van der Waals surface area contributed by atoms with Gasteiger partial charge in [-0.25, -0.2) is 0 Å². The zero-order valence-corrected chi connectivity index (χ0v) is 35.9. The molecule has 1 rings (SSSR count). The molecule has 10 heteroatoms. The summed E-state index contributed by atoms with van der Waals surface area (Å²) in [6.07, 6.45) is 45.2.